The second kappa shape index (κ2) is 7.94. The van der Waals surface area contributed by atoms with E-state index in [-0.39, 0.29) is 5.83 Å². The molecular formula is C23H29FO2. The molecule has 0 bridgehead atoms. The van der Waals surface area contributed by atoms with Gasteiger partial charge in [0.2, 0.25) is 0 Å². The van der Waals surface area contributed by atoms with Crippen molar-refractivity contribution in [2.45, 2.75) is 48.1 Å². The van der Waals surface area contributed by atoms with Crippen molar-refractivity contribution >= 4 is 0 Å². The Hall–Kier alpha value is -2.29. The quantitative estimate of drug-likeness (QED) is 0.541. The molecule has 2 aromatic rings. The van der Waals surface area contributed by atoms with Gasteiger partial charge >= 0.3 is 0 Å². The van der Waals surface area contributed by atoms with E-state index in [0.29, 0.717) is 18.1 Å². The maximum Gasteiger partial charge on any atom is 0.144 e. The van der Waals surface area contributed by atoms with Gasteiger partial charge < -0.3 is 9.47 Å². The summed E-state index contributed by atoms with van der Waals surface area (Å²) in [5.41, 5.74) is 0.0827. The van der Waals surface area contributed by atoms with Crippen molar-refractivity contribution in [1.82, 2.24) is 0 Å². The third-order valence-corrected chi connectivity index (χ3v) is 3.83. The molecule has 0 aliphatic heterocycles. The van der Waals surface area contributed by atoms with E-state index in [1.807, 2.05) is 96.1 Å². The van der Waals surface area contributed by atoms with Gasteiger partial charge in [-0.2, -0.15) is 0 Å². The van der Waals surface area contributed by atoms with Crippen molar-refractivity contribution in [3.8, 4) is 11.5 Å². The molecule has 0 spiro atoms. The van der Waals surface area contributed by atoms with Gasteiger partial charge in [-0.3, -0.25) is 0 Å². The van der Waals surface area contributed by atoms with Crippen molar-refractivity contribution in [3.63, 3.8) is 0 Å². The second-order valence-corrected chi connectivity index (χ2v) is 8.49. The Morgan fingerprint density at radius 3 is 1.81 bits per heavy atom. The van der Waals surface area contributed by atoms with Gasteiger partial charge in [-0.25, -0.2) is 4.39 Å². The summed E-state index contributed by atoms with van der Waals surface area (Å²) in [6.45, 7) is 11.9. The summed E-state index contributed by atoms with van der Waals surface area (Å²) in [5.74, 6) is 1.48. The minimum absolute atomic E-state index is 0.227. The van der Waals surface area contributed by atoms with Crippen LogP contribution in [0.5, 0.6) is 11.5 Å². The highest BCUT2D eigenvalue weighted by molar-refractivity contribution is 5.33. The Bertz CT molecular complexity index is 733. The Balaban J connectivity index is 2.11. The fraction of sp³-hybridized carbons (Fsp3) is 0.391. The lowest BCUT2D eigenvalue weighted by molar-refractivity contribution is 0.241. The molecule has 0 unspecified atom stereocenters. The number of benzene rings is 2. The zero-order valence-corrected chi connectivity index (χ0v) is 16.6. The lowest BCUT2D eigenvalue weighted by atomic mass is 9.85. The molecule has 0 aromatic heterocycles. The molecule has 0 saturated carbocycles. The van der Waals surface area contributed by atoms with Gasteiger partial charge in [-0.1, -0.05) is 71.9 Å². The molecule has 2 rings (SSSR count). The van der Waals surface area contributed by atoms with E-state index in [2.05, 4.69) is 0 Å². The fourth-order valence-corrected chi connectivity index (χ4v) is 2.33. The summed E-state index contributed by atoms with van der Waals surface area (Å²) in [6, 6.07) is 17.3. The van der Waals surface area contributed by atoms with Crippen molar-refractivity contribution in [2.24, 2.45) is 10.8 Å². The first kappa shape index (κ1) is 20.0. The summed E-state index contributed by atoms with van der Waals surface area (Å²) >= 11 is 0. The maximum absolute atomic E-state index is 14.9. The fourth-order valence-electron chi connectivity index (χ4n) is 2.33. The van der Waals surface area contributed by atoms with Crippen LogP contribution in [0.2, 0.25) is 0 Å². The molecule has 0 atom stereocenters. The van der Waals surface area contributed by atoms with E-state index in [9.17, 15) is 4.39 Å². The van der Waals surface area contributed by atoms with Crippen LogP contribution in [0.1, 0.15) is 47.1 Å². The molecule has 0 fully saturated rings. The van der Waals surface area contributed by atoms with Crippen LogP contribution in [-0.4, -0.2) is 0 Å². The standard InChI is InChI=1S/C23H29FO2/c1-22(2,3)20(24)21(23(4,5)6)26-19-14-12-18(13-15-19)25-16-17-10-8-7-9-11-17/h7-15H,16H2,1-6H3/b21-20+. The minimum atomic E-state index is -0.596. The van der Waals surface area contributed by atoms with Gasteiger partial charge in [0.05, 0.1) is 0 Å². The SMILES string of the molecule is CC(C)(C)/C(F)=C(\Oc1ccc(OCc2ccccc2)cc1)C(C)(C)C. The number of allylic oxidation sites excluding steroid dienone is 2. The average molecular weight is 356 g/mol. The molecule has 0 N–H and O–H groups in total. The molecule has 0 aliphatic carbocycles. The van der Waals surface area contributed by atoms with Crippen LogP contribution in [0.3, 0.4) is 0 Å². The number of ether oxygens (including phenoxy) is 2. The van der Waals surface area contributed by atoms with Crippen LogP contribution in [0.4, 0.5) is 4.39 Å². The van der Waals surface area contributed by atoms with Gasteiger partial charge in [0.15, 0.2) is 0 Å². The minimum Gasteiger partial charge on any atom is -0.489 e. The van der Waals surface area contributed by atoms with Crippen molar-refractivity contribution in [3.05, 3.63) is 71.7 Å². The predicted octanol–water partition coefficient (Wildman–Crippen LogP) is 6.92. The number of hydrogen-bond donors (Lipinski definition) is 0. The molecule has 3 heteroatoms. The summed E-state index contributed by atoms with van der Waals surface area (Å²) in [7, 11) is 0. The summed E-state index contributed by atoms with van der Waals surface area (Å²) in [5, 5.41) is 0. The topological polar surface area (TPSA) is 18.5 Å². The summed E-state index contributed by atoms with van der Waals surface area (Å²) in [4.78, 5) is 0. The molecule has 2 nitrogen and oxygen atoms in total. The third kappa shape index (κ3) is 5.62. The molecule has 0 saturated heterocycles. The normalized spacial score (nSPS) is 13.2. The Morgan fingerprint density at radius 2 is 1.31 bits per heavy atom. The van der Waals surface area contributed by atoms with E-state index >= 15 is 0 Å². The van der Waals surface area contributed by atoms with Crippen molar-refractivity contribution < 1.29 is 13.9 Å². The van der Waals surface area contributed by atoms with Crippen molar-refractivity contribution in [1.29, 1.82) is 0 Å². The molecule has 0 amide bonds. The zero-order valence-electron chi connectivity index (χ0n) is 16.6. The van der Waals surface area contributed by atoms with Crippen LogP contribution in [-0.2, 0) is 6.61 Å². The van der Waals surface area contributed by atoms with E-state index in [0.717, 1.165) is 11.3 Å². The van der Waals surface area contributed by atoms with Crippen LogP contribution in [0.15, 0.2) is 66.2 Å². The van der Waals surface area contributed by atoms with E-state index < -0.39 is 10.8 Å². The molecule has 0 radical (unpaired) electrons. The Labute approximate surface area is 156 Å². The van der Waals surface area contributed by atoms with Crippen LogP contribution < -0.4 is 9.47 Å². The monoisotopic (exact) mass is 356 g/mol. The highest BCUT2D eigenvalue weighted by Gasteiger charge is 2.30. The average Bonchev–Trinajstić information content (AvgIpc) is 2.57. The maximum atomic E-state index is 14.9. The van der Waals surface area contributed by atoms with E-state index in [1.165, 1.54) is 0 Å². The predicted molar refractivity (Wildman–Crippen MR) is 105 cm³/mol. The number of rotatable bonds is 5. The first-order chi connectivity index (χ1) is 12.1. The third-order valence-electron chi connectivity index (χ3n) is 3.83. The largest absolute Gasteiger partial charge is 0.489 e. The highest BCUT2D eigenvalue weighted by atomic mass is 19.1. The van der Waals surface area contributed by atoms with Crippen LogP contribution in [0, 0.1) is 10.8 Å². The lowest BCUT2D eigenvalue weighted by Gasteiger charge is -2.28. The number of halogens is 1. The van der Waals surface area contributed by atoms with Crippen molar-refractivity contribution in [2.75, 3.05) is 0 Å². The summed E-state index contributed by atoms with van der Waals surface area (Å²) in [6.07, 6.45) is 0. The number of hydrogen-bond acceptors (Lipinski definition) is 2. The Kier molecular flexibility index (Phi) is 6.12. The van der Waals surface area contributed by atoms with Gasteiger partial charge in [-0.05, 0) is 29.8 Å². The smallest absolute Gasteiger partial charge is 0.144 e. The van der Waals surface area contributed by atoms with Gasteiger partial charge in [0.1, 0.15) is 29.7 Å². The zero-order chi connectivity index (χ0) is 19.4. The van der Waals surface area contributed by atoms with Gasteiger partial charge in [0, 0.05) is 10.8 Å². The molecule has 2 aromatic carbocycles. The second-order valence-electron chi connectivity index (χ2n) is 8.49. The molecule has 140 valence electrons. The Morgan fingerprint density at radius 1 is 0.769 bits per heavy atom. The van der Waals surface area contributed by atoms with Crippen LogP contribution >= 0.6 is 0 Å². The molecule has 0 heterocycles. The first-order valence-corrected chi connectivity index (χ1v) is 8.93. The van der Waals surface area contributed by atoms with E-state index in [4.69, 9.17) is 9.47 Å². The highest BCUT2D eigenvalue weighted by Crippen LogP contribution is 2.38. The van der Waals surface area contributed by atoms with E-state index in [1.54, 1.807) is 0 Å². The van der Waals surface area contributed by atoms with Gasteiger partial charge in [0.25, 0.3) is 0 Å². The molecular weight excluding hydrogens is 327 g/mol. The molecule has 26 heavy (non-hydrogen) atoms. The lowest BCUT2D eigenvalue weighted by Crippen LogP contribution is -2.21. The summed E-state index contributed by atoms with van der Waals surface area (Å²) < 4.78 is 26.6. The molecule has 0 aliphatic rings. The van der Waals surface area contributed by atoms with Crippen LogP contribution in [0.25, 0.3) is 0 Å². The first-order valence-electron chi connectivity index (χ1n) is 8.93. The van der Waals surface area contributed by atoms with Gasteiger partial charge in [-0.15, -0.1) is 0 Å².